The average Bonchev–Trinajstić information content (AvgIpc) is 3.03. The maximum absolute atomic E-state index is 12.1. The van der Waals surface area contributed by atoms with Gasteiger partial charge in [0.15, 0.2) is 0 Å². The van der Waals surface area contributed by atoms with Gasteiger partial charge in [0, 0.05) is 13.2 Å². The normalized spacial score (nSPS) is 13.8. The Morgan fingerprint density at radius 3 is 1.16 bits per heavy atom. The predicted molar refractivity (Wildman–Crippen MR) is 193 cm³/mol. The third-order valence-electron chi connectivity index (χ3n) is 8.68. The molecule has 272 valence electrons. The van der Waals surface area contributed by atoms with Crippen LogP contribution in [0.2, 0.25) is 0 Å². The van der Waals surface area contributed by atoms with Gasteiger partial charge >= 0.3 is 7.82 Å². The Kier molecular flexibility index (Phi) is 36.9. The van der Waals surface area contributed by atoms with Crippen LogP contribution < -0.4 is 0 Å². The standard InChI is InChI=1S/C38H79O6P/c1-4-7-9-11-13-15-17-19-21-23-25-27-29-31-34-41-36-38(37-44-45(39,40)43-33-6-3)42-35-32-30-28-26-24-22-20-18-16-14-12-10-8-5-2/h38H,4-37H2,1-3H3,(H,39,40). The summed E-state index contributed by atoms with van der Waals surface area (Å²) < 4.78 is 34.3. The first-order valence-corrected chi connectivity index (χ1v) is 21.4. The maximum atomic E-state index is 12.1. The summed E-state index contributed by atoms with van der Waals surface area (Å²) in [6.45, 7) is 8.36. The molecule has 7 heteroatoms. The fourth-order valence-corrected chi connectivity index (χ4v) is 6.57. The highest BCUT2D eigenvalue weighted by Crippen LogP contribution is 2.43. The third kappa shape index (κ3) is 36.7. The quantitative estimate of drug-likeness (QED) is 0.0521. The molecule has 0 amide bonds. The van der Waals surface area contributed by atoms with Crippen molar-refractivity contribution in [2.24, 2.45) is 0 Å². The molecule has 0 aromatic heterocycles. The first kappa shape index (κ1) is 45.0. The summed E-state index contributed by atoms with van der Waals surface area (Å²) in [4.78, 5) is 9.93. The summed E-state index contributed by atoms with van der Waals surface area (Å²) in [5, 5.41) is 0. The lowest BCUT2D eigenvalue weighted by atomic mass is 10.0. The van der Waals surface area contributed by atoms with Crippen molar-refractivity contribution in [3.8, 4) is 0 Å². The van der Waals surface area contributed by atoms with Crippen molar-refractivity contribution in [3.05, 3.63) is 0 Å². The lowest BCUT2D eigenvalue weighted by molar-refractivity contribution is -0.0443. The molecule has 0 aromatic carbocycles. The van der Waals surface area contributed by atoms with Gasteiger partial charge in [-0.3, -0.25) is 9.05 Å². The Labute approximate surface area is 281 Å². The average molecular weight is 663 g/mol. The highest BCUT2D eigenvalue weighted by molar-refractivity contribution is 7.47. The summed E-state index contributed by atoms with van der Waals surface area (Å²) in [6.07, 6.45) is 37.6. The molecule has 0 aliphatic heterocycles. The smallest absolute Gasteiger partial charge is 0.379 e. The molecule has 0 radical (unpaired) electrons. The van der Waals surface area contributed by atoms with Gasteiger partial charge in [0.2, 0.25) is 0 Å². The molecule has 0 saturated heterocycles. The van der Waals surface area contributed by atoms with Crippen molar-refractivity contribution in [1.29, 1.82) is 0 Å². The number of hydrogen-bond donors (Lipinski definition) is 1. The van der Waals surface area contributed by atoms with Crippen molar-refractivity contribution < 1.29 is 28.0 Å². The second-order valence-electron chi connectivity index (χ2n) is 13.4. The zero-order valence-electron chi connectivity index (χ0n) is 30.6. The monoisotopic (exact) mass is 663 g/mol. The topological polar surface area (TPSA) is 74.2 Å². The van der Waals surface area contributed by atoms with Gasteiger partial charge in [-0.2, -0.15) is 0 Å². The molecule has 0 aliphatic carbocycles. The van der Waals surface area contributed by atoms with E-state index in [1.165, 1.54) is 161 Å². The minimum absolute atomic E-state index is 0.00877. The Hall–Kier alpha value is 0.0300. The molecule has 6 nitrogen and oxygen atoms in total. The summed E-state index contributed by atoms with van der Waals surface area (Å²) in [5.41, 5.74) is 0. The van der Waals surface area contributed by atoms with Gasteiger partial charge in [0.1, 0.15) is 6.10 Å². The molecule has 0 aliphatic rings. The molecular weight excluding hydrogens is 583 g/mol. The van der Waals surface area contributed by atoms with E-state index in [1.807, 2.05) is 6.92 Å². The second kappa shape index (κ2) is 36.9. The summed E-state index contributed by atoms with van der Waals surface area (Å²) in [6, 6.07) is 0. The van der Waals surface area contributed by atoms with Crippen molar-refractivity contribution in [1.82, 2.24) is 0 Å². The molecule has 0 spiro atoms. The van der Waals surface area contributed by atoms with E-state index in [0.29, 0.717) is 26.2 Å². The number of hydrogen-bond acceptors (Lipinski definition) is 5. The molecule has 0 fully saturated rings. The molecule has 0 bridgehead atoms. The molecule has 0 saturated carbocycles. The Morgan fingerprint density at radius 2 is 0.778 bits per heavy atom. The third-order valence-corrected chi connectivity index (χ3v) is 9.66. The largest absolute Gasteiger partial charge is 0.472 e. The van der Waals surface area contributed by atoms with Crippen LogP contribution in [0.1, 0.15) is 207 Å². The molecule has 2 atom stereocenters. The Balaban J connectivity index is 3.89. The first-order valence-electron chi connectivity index (χ1n) is 19.9. The molecule has 0 rings (SSSR count). The van der Waals surface area contributed by atoms with Gasteiger partial charge in [-0.05, 0) is 19.3 Å². The van der Waals surface area contributed by atoms with Crippen LogP contribution in [0.15, 0.2) is 0 Å². The molecule has 45 heavy (non-hydrogen) atoms. The van der Waals surface area contributed by atoms with Gasteiger partial charge in [-0.25, -0.2) is 4.57 Å². The van der Waals surface area contributed by atoms with Gasteiger partial charge in [0.05, 0.1) is 19.8 Å². The second-order valence-corrected chi connectivity index (χ2v) is 14.8. The molecular formula is C38H79O6P. The summed E-state index contributed by atoms with van der Waals surface area (Å²) in [5.74, 6) is 0. The van der Waals surface area contributed by atoms with Crippen LogP contribution in [0.25, 0.3) is 0 Å². The summed E-state index contributed by atoms with van der Waals surface area (Å²) >= 11 is 0. The van der Waals surface area contributed by atoms with Crippen LogP contribution in [-0.4, -0.2) is 44.0 Å². The number of unbranched alkanes of at least 4 members (excludes halogenated alkanes) is 26. The number of rotatable bonds is 39. The zero-order valence-corrected chi connectivity index (χ0v) is 31.4. The minimum atomic E-state index is -4.05. The molecule has 0 heterocycles. The van der Waals surface area contributed by atoms with E-state index < -0.39 is 7.82 Å². The highest BCUT2D eigenvalue weighted by atomic mass is 31.2. The first-order chi connectivity index (χ1) is 22.1. The van der Waals surface area contributed by atoms with E-state index in [-0.39, 0.29) is 19.3 Å². The minimum Gasteiger partial charge on any atom is -0.379 e. The SMILES string of the molecule is CCCCCCCCCCCCCCCCOCC(COP(=O)(O)OCCC)OCCCCCCCCCCCCCCCC. The zero-order chi connectivity index (χ0) is 32.9. The molecule has 2 unspecified atom stereocenters. The Bertz CT molecular complexity index is 605. The van der Waals surface area contributed by atoms with Gasteiger partial charge in [-0.1, -0.05) is 188 Å². The number of ether oxygens (including phenoxy) is 2. The van der Waals surface area contributed by atoms with E-state index in [1.54, 1.807) is 0 Å². The molecule has 1 N–H and O–H groups in total. The predicted octanol–water partition coefficient (Wildman–Crippen LogP) is 12.9. The van der Waals surface area contributed by atoms with Crippen LogP contribution in [-0.2, 0) is 23.1 Å². The van der Waals surface area contributed by atoms with Crippen molar-refractivity contribution >= 4 is 7.82 Å². The van der Waals surface area contributed by atoms with Gasteiger partial charge in [0.25, 0.3) is 0 Å². The maximum Gasteiger partial charge on any atom is 0.472 e. The van der Waals surface area contributed by atoms with Crippen LogP contribution in [0, 0.1) is 0 Å². The summed E-state index contributed by atoms with van der Waals surface area (Å²) in [7, 11) is -4.05. The van der Waals surface area contributed by atoms with E-state index in [0.717, 1.165) is 19.3 Å². The fourth-order valence-electron chi connectivity index (χ4n) is 5.73. The lowest BCUT2D eigenvalue weighted by Crippen LogP contribution is -2.26. The van der Waals surface area contributed by atoms with Gasteiger partial charge in [-0.15, -0.1) is 0 Å². The van der Waals surface area contributed by atoms with Crippen LogP contribution in [0.5, 0.6) is 0 Å². The van der Waals surface area contributed by atoms with Crippen molar-refractivity contribution in [3.63, 3.8) is 0 Å². The van der Waals surface area contributed by atoms with Crippen LogP contribution in [0.4, 0.5) is 0 Å². The highest BCUT2D eigenvalue weighted by Gasteiger charge is 2.23. The lowest BCUT2D eigenvalue weighted by Gasteiger charge is -2.20. The van der Waals surface area contributed by atoms with E-state index >= 15 is 0 Å². The van der Waals surface area contributed by atoms with Gasteiger partial charge < -0.3 is 14.4 Å². The number of phosphoric acid groups is 1. The van der Waals surface area contributed by atoms with Crippen molar-refractivity contribution in [2.45, 2.75) is 213 Å². The van der Waals surface area contributed by atoms with E-state index in [2.05, 4.69) is 13.8 Å². The van der Waals surface area contributed by atoms with Crippen LogP contribution >= 0.6 is 7.82 Å². The van der Waals surface area contributed by atoms with E-state index in [9.17, 15) is 9.46 Å². The molecule has 0 aromatic rings. The van der Waals surface area contributed by atoms with Crippen LogP contribution in [0.3, 0.4) is 0 Å². The van der Waals surface area contributed by atoms with Crippen molar-refractivity contribution in [2.75, 3.05) is 33.0 Å². The fraction of sp³-hybridized carbons (Fsp3) is 1.00. The Morgan fingerprint density at radius 1 is 0.422 bits per heavy atom. The van der Waals surface area contributed by atoms with E-state index in [4.69, 9.17) is 18.5 Å². The number of phosphoric ester groups is 1.